The maximum atomic E-state index is 13.2. The van der Waals surface area contributed by atoms with Gasteiger partial charge in [0.15, 0.2) is 0 Å². The number of phosphoric acid groups is 1. The van der Waals surface area contributed by atoms with Crippen molar-refractivity contribution < 1.29 is 18.1 Å². The minimum absolute atomic E-state index is 0.402. The van der Waals surface area contributed by atoms with Crippen LogP contribution in [0.2, 0.25) is 0 Å². The van der Waals surface area contributed by atoms with Crippen molar-refractivity contribution in [1.82, 2.24) is 0 Å². The maximum absolute atomic E-state index is 13.2. The van der Waals surface area contributed by atoms with Gasteiger partial charge in [0, 0.05) is 0 Å². The highest BCUT2D eigenvalue weighted by molar-refractivity contribution is 7.49. The van der Waals surface area contributed by atoms with Crippen molar-refractivity contribution in [2.75, 3.05) is 0 Å². The highest BCUT2D eigenvalue weighted by atomic mass is 31.2. The van der Waals surface area contributed by atoms with E-state index in [0.29, 0.717) is 11.5 Å². The van der Waals surface area contributed by atoms with E-state index in [9.17, 15) is 4.57 Å². The van der Waals surface area contributed by atoms with Crippen LogP contribution in [-0.2, 0) is 9.09 Å². The molecule has 0 aliphatic heterocycles. The molecule has 2 rings (SSSR count). The van der Waals surface area contributed by atoms with Crippen molar-refractivity contribution in [1.29, 1.82) is 0 Å². The lowest BCUT2D eigenvalue weighted by Gasteiger charge is -2.26. The Balaban J connectivity index is 2.31. The third kappa shape index (κ3) is 5.55. The minimum atomic E-state index is -3.86. The summed E-state index contributed by atoms with van der Waals surface area (Å²) in [7, 11) is -3.86. The van der Waals surface area contributed by atoms with Crippen molar-refractivity contribution in [3.63, 3.8) is 0 Å². The van der Waals surface area contributed by atoms with Crippen LogP contribution in [0.25, 0.3) is 5.57 Å². The lowest BCUT2D eigenvalue weighted by molar-refractivity contribution is 0.0882. The summed E-state index contributed by atoms with van der Waals surface area (Å²) in [6.45, 7) is 11.2. The molecule has 0 heterocycles. The van der Waals surface area contributed by atoms with Crippen molar-refractivity contribution in [3.05, 3.63) is 66.7 Å². The molecule has 0 radical (unpaired) electrons. The molecule has 0 fully saturated rings. The molecule has 0 bridgehead atoms. The van der Waals surface area contributed by atoms with Gasteiger partial charge in [0.25, 0.3) is 0 Å². The quantitative estimate of drug-likeness (QED) is 0.593. The number of benzene rings is 2. The molecule has 2 aromatic rings. The van der Waals surface area contributed by atoms with E-state index in [1.807, 2.05) is 25.1 Å². The van der Waals surface area contributed by atoms with Gasteiger partial charge in [0.1, 0.15) is 11.5 Å². The molecule has 0 aliphatic rings. The summed E-state index contributed by atoms with van der Waals surface area (Å²) in [4.78, 5) is 0. The van der Waals surface area contributed by atoms with Gasteiger partial charge in [-0.05, 0) is 57.5 Å². The van der Waals surface area contributed by atoms with Gasteiger partial charge in [-0.15, -0.1) is 0 Å². The first-order valence-corrected chi connectivity index (χ1v) is 9.14. The van der Waals surface area contributed by atoms with Crippen LogP contribution in [0.1, 0.15) is 33.3 Å². The van der Waals surface area contributed by atoms with Crippen LogP contribution in [0.15, 0.2) is 61.2 Å². The first kappa shape index (κ1) is 18.3. The third-order valence-electron chi connectivity index (χ3n) is 2.89. The Hall–Kier alpha value is -2.03. The average Bonchev–Trinajstić information content (AvgIpc) is 2.46. The lowest BCUT2D eigenvalue weighted by atomic mass is 10.1. The zero-order valence-corrected chi connectivity index (χ0v) is 15.4. The van der Waals surface area contributed by atoms with E-state index in [2.05, 4.69) is 6.58 Å². The molecule has 0 saturated heterocycles. The molecule has 4 nitrogen and oxygen atoms in total. The van der Waals surface area contributed by atoms with Crippen LogP contribution < -0.4 is 9.05 Å². The molecule has 128 valence electrons. The molecular formula is C19H23O4P. The molecule has 0 amide bonds. The fraction of sp³-hybridized carbons (Fsp3) is 0.263. The van der Waals surface area contributed by atoms with Crippen molar-refractivity contribution >= 4 is 13.4 Å². The zero-order chi connectivity index (χ0) is 17.8. The summed E-state index contributed by atoms with van der Waals surface area (Å²) in [5.74, 6) is 0.820. The lowest BCUT2D eigenvalue weighted by Crippen LogP contribution is -2.21. The second kappa shape index (κ2) is 7.25. The highest BCUT2D eigenvalue weighted by Gasteiger charge is 2.36. The van der Waals surface area contributed by atoms with E-state index in [4.69, 9.17) is 13.6 Å². The van der Waals surface area contributed by atoms with Gasteiger partial charge in [-0.25, -0.2) is 4.57 Å². The molecule has 0 spiro atoms. The molecule has 2 aromatic carbocycles. The second-order valence-corrected chi connectivity index (χ2v) is 7.90. The largest absolute Gasteiger partial charge is 0.588 e. The monoisotopic (exact) mass is 346 g/mol. The van der Waals surface area contributed by atoms with Gasteiger partial charge in [0.05, 0.1) is 5.60 Å². The van der Waals surface area contributed by atoms with Gasteiger partial charge in [0.2, 0.25) is 0 Å². The van der Waals surface area contributed by atoms with Crippen molar-refractivity contribution in [2.45, 2.75) is 33.3 Å². The van der Waals surface area contributed by atoms with Crippen LogP contribution in [0.5, 0.6) is 11.5 Å². The van der Waals surface area contributed by atoms with Crippen molar-refractivity contribution in [2.24, 2.45) is 0 Å². The SMILES string of the molecule is C=C(C)c1cccc(OP(=O)(Oc2ccccc2)OC(C)(C)C)c1. The van der Waals surface area contributed by atoms with Crippen LogP contribution in [-0.4, -0.2) is 5.60 Å². The molecule has 5 heteroatoms. The Morgan fingerprint density at radius 2 is 1.54 bits per heavy atom. The molecule has 1 unspecified atom stereocenters. The van der Waals surface area contributed by atoms with E-state index in [1.165, 1.54) is 0 Å². The van der Waals surface area contributed by atoms with Gasteiger partial charge in [-0.1, -0.05) is 42.5 Å². The number of phosphoric ester groups is 1. The molecule has 0 aliphatic carbocycles. The predicted molar refractivity (Wildman–Crippen MR) is 97.3 cm³/mol. The Kier molecular flexibility index (Phi) is 5.53. The van der Waals surface area contributed by atoms with Gasteiger partial charge in [-0.3, -0.25) is 4.52 Å². The first-order valence-electron chi connectivity index (χ1n) is 7.68. The summed E-state index contributed by atoms with van der Waals surface area (Å²) in [5, 5.41) is 0. The van der Waals surface area contributed by atoms with E-state index < -0.39 is 13.4 Å². The van der Waals surface area contributed by atoms with E-state index in [-0.39, 0.29) is 0 Å². The molecular weight excluding hydrogens is 323 g/mol. The number of allylic oxidation sites excluding steroid dienone is 1. The van der Waals surface area contributed by atoms with Crippen LogP contribution in [0.4, 0.5) is 0 Å². The third-order valence-corrected chi connectivity index (χ3v) is 4.53. The number of hydrogen-bond donors (Lipinski definition) is 0. The Labute approximate surface area is 143 Å². The predicted octanol–water partition coefficient (Wildman–Crippen LogP) is 6.10. The highest BCUT2D eigenvalue weighted by Crippen LogP contribution is 2.52. The molecule has 0 aromatic heterocycles. The fourth-order valence-electron chi connectivity index (χ4n) is 1.95. The van der Waals surface area contributed by atoms with Gasteiger partial charge in [-0.2, -0.15) is 0 Å². The summed E-state index contributed by atoms with van der Waals surface area (Å²) < 4.78 is 30.0. The Bertz CT molecular complexity index is 747. The normalized spacial score (nSPS) is 13.8. The Morgan fingerprint density at radius 1 is 0.958 bits per heavy atom. The molecule has 1 atom stereocenters. The summed E-state index contributed by atoms with van der Waals surface area (Å²) in [5.41, 5.74) is 1.08. The standard InChI is InChI=1S/C19H23O4P/c1-15(2)16-10-9-13-18(14-16)22-24(20,23-19(3,4)5)21-17-11-7-6-8-12-17/h6-14H,1H2,2-5H3. The van der Waals surface area contributed by atoms with Crippen LogP contribution >= 0.6 is 7.82 Å². The topological polar surface area (TPSA) is 44.8 Å². The fourth-order valence-corrected chi connectivity index (χ4v) is 3.48. The number of para-hydroxylation sites is 1. The second-order valence-electron chi connectivity index (χ2n) is 6.45. The summed E-state index contributed by atoms with van der Waals surface area (Å²) >= 11 is 0. The maximum Gasteiger partial charge on any atom is 0.588 e. The van der Waals surface area contributed by atoms with Gasteiger partial charge >= 0.3 is 7.82 Å². The summed E-state index contributed by atoms with van der Waals surface area (Å²) in [6.07, 6.45) is 0. The minimum Gasteiger partial charge on any atom is -0.395 e. The number of rotatable bonds is 6. The van der Waals surface area contributed by atoms with E-state index in [1.54, 1.807) is 57.2 Å². The average molecular weight is 346 g/mol. The van der Waals surface area contributed by atoms with Crippen molar-refractivity contribution in [3.8, 4) is 11.5 Å². The van der Waals surface area contributed by atoms with Crippen LogP contribution in [0.3, 0.4) is 0 Å². The Morgan fingerprint density at radius 3 is 2.12 bits per heavy atom. The summed E-state index contributed by atoms with van der Waals surface area (Å²) in [6, 6.07) is 16.0. The first-order chi connectivity index (χ1) is 11.2. The zero-order valence-electron chi connectivity index (χ0n) is 14.5. The molecule has 24 heavy (non-hydrogen) atoms. The molecule has 0 N–H and O–H groups in total. The smallest absolute Gasteiger partial charge is 0.395 e. The molecule has 0 saturated carbocycles. The van der Waals surface area contributed by atoms with E-state index in [0.717, 1.165) is 11.1 Å². The van der Waals surface area contributed by atoms with Gasteiger partial charge < -0.3 is 9.05 Å². The van der Waals surface area contributed by atoms with E-state index >= 15 is 0 Å². The number of hydrogen-bond acceptors (Lipinski definition) is 4. The van der Waals surface area contributed by atoms with Crippen LogP contribution in [0, 0.1) is 0 Å².